The largest absolute Gasteiger partial charge is 0.455 e. The Kier molecular flexibility index (Phi) is 18.0. The van der Waals surface area contributed by atoms with Crippen LogP contribution in [0.1, 0.15) is 148 Å². The maximum Gasteiger partial charge on any atom is 0.408 e. The van der Waals surface area contributed by atoms with Gasteiger partial charge in [0.2, 0.25) is 0 Å². The van der Waals surface area contributed by atoms with E-state index in [0.717, 1.165) is 19.3 Å². The standard InChI is InChI=1S/C47H80N4O17/c1-25-22-29(50-41(56)67-45(9,10)11)34(63-37-28(49-40(55)66-44(6,7)8)19-18-27(60-37)23-48-39(54)65-43(3,4)5)32(53)33(25)62-38-36(59-26(2)52)31(51-42(57)68-46(12,13)14)35-30(61-38)24-58-47(64-35)20-16-15-17-21-47/h25,27-38,53H,15-24H2,1-14H3,(H,48,54)(H,49,55)(H,50,56)(H,51,57)/t25-,27?,28?,29+,30?,31+,32?,33-,34?,35+,36?,37+,38+/m1/s1. The van der Waals surface area contributed by atoms with Gasteiger partial charge < -0.3 is 78.5 Å². The fraction of sp³-hybridized carbons (Fsp3) is 0.894. The molecule has 3 heterocycles. The van der Waals surface area contributed by atoms with Gasteiger partial charge in [-0.2, -0.15) is 0 Å². The fourth-order valence-electron chi connectivity index (χ4n) is 9.08. The molecule has 1 spiro atoms. The summed E-state index contributed by atoms with van der Waals surface area (Å²) in [7, 11) is 0. The minimum Gasteiger partial charge on any atom is -0.455 e. The highest BCUT2D eigenvalue weighted by molar-refractivity contribution is 5.70. The highest BCUT2D eigenvalue weighted by atomic mass is 16.8. The molecule has 5 aliphatic rings. The number of esters is 1. The van der Waals surface area contributed by atoms with Gasteiger partial charge in [0.1, 0.15) is 52.9 Å². The summed E-state index contributed by atoms with van der Waals surface area (Å²) in [6.45, 7) is 23.8. The maximum atomic E-state index is 13.5. The van der Waals surface area contributed by atoms with Crippen LogP contribution in [0.15, 0.2) is 0 Å². The Morgan fingerprint density at radius 2 is 1.18 bits per heavy atom. The molecular formula is C47H80N4O17. The lowest BCUT2D eigenvalue weighted by atomic mass is 9.80. The number of aliphatic hydroxyl groups is 1. The summed E-state index contributed by atoms with van der Waals surface area (Å²) in [5, 5.41) is 23.9. The molecule has 3 saturated heterocycles. The predicted octanol–water partition coefficient (Wildman–Crippen LogP) is 5.60. The van der Waals surface area contributed by atoms with Gasteiger partial charge in [-0.05, 0) is 121 Å². The van der Waals surface area contributed by atoms with Crippen LogP contribution in [0.3, 0.4) is 0 Å². The summed E-state index contributed by atoms with van der Waals surface area (Å²) in [5.74, 6) is -2.17. The number of hydrogen-bond donors (Lipinski definition) is 5. The summed E-state index contributed by atoms with van der Waals surface area (Å²) in [4.78, 5) is 65.7. The first kappa shape index (κ1) is 55.2. The SMILES string of the molecule is CC(=O)OC1[C@H](O[C@H]2C(O)C(O[C@@H]3OC(CNC(=O)OC(C)(C)C)CCC3NC(=O)OC(C)(C)C)[C@@H](NC(=O)OC(C)(C)C)C[C@H]2C)OC2COC3(CCCCC3)O[C@@H]2[C@@H]1NC(=O)OC(C)(C)C. The first-order valence-corrected chi connectivity index (χ1v) is 24.1. The Bertz CT molecular complexity index is 1730. The van der Waals surface area contributed by atoms with E-state index in [9.17, 15) is 29.1 Å². The summed E-state index contributed by atoms with van der Waals surface area (Å²) in [5.41, 5.74) is -3.33. The number of rotatable bonds is 10. The van der Waals surface area contributed by atoms with Crippen molar-refractivity contribution in [2.24, 2.45) is 5.92 Å². The maximum absolute atomic E-state index is 13.5. The van der Waals surface area contributed by atoms with Crippen LogP contribution in [0.4, 0.5) is 19.2 Å². The van der Waals surface area contributed by atoms with E-state index in [4.69, 9.17) is 52.1 Å². The molecule has 5 N–H and O–H groups in total. The topological polar surface area (TPSA) is 255 Å². The second-order valence-corrected chi connectivity index (χ2v) is 22.7. The second kappa shape index (κ2) is 22.1. The molecule has 4 amide bonds. The van der Waals surface area contributed by atoms with Crippen LogP contribution < -0.4 is 21.3 Å². The Labute approximate surface area is 401 Å². The molecule has 0 aromatic rings. The number of alkyl carbamates (subject to hydrolysis) is 4. The van der Waals surface area contributed by atoms with Gasteiger partial charge in [-0.1, -0.05) is 13.3 Å². The van der Waals surface area contributed by atoms with Gasteiger partial charge >= 0.3 is 30.3 Å². The molecule has 2 aliphatic carbocycles. The Morgan fingerprint density at radius 3 is 1.74 bits per heavy atom. The molecule has 3 aliphatic heterocycles. The highest BCUT2D eigenvalue weighted by Crippen LogP contribution is 2.43. The van der Waals surface area contributed by atoms with Crippen molar-refractivity contribution in [1.82, 2.24) is 21.3 Å². The molecule has 0 aromatic carbocycles. The van der Waals surface area contributed by atoms with Crippen LogP contribution in [0.2, 0.25) is 0 Å². The summed E-state index contributed by atoms with van der Waals surface area (Å²) in [6, 6.07) is -2.82. The lowest BCUT2D eigenvalue weighted by Gasteiger charge is -2.54. The third-order valence-corrected chi connectivity index (χ3v) is 11.7. The normalized spacial score (nSPS) is 33.2. The van der Waals surface area contributed by atoms with Gasteiger partial charge in [-0.25, -0.2) is 19.2 Å². The van der Waals surface area contributed by atoms with Gasteiger partial charge in [0.05, 0.1) is 30.9 Å². The molecule has 2 saturated carbocycles. The van der Waals surface area contributed by atoms with Crippen LogP contribution in [0, 0.1) is 5.92 Å². The van der Waals surface area contributed by atoms with Gasteiger partial charge in [0, 0.05) is 26.3 Å². The molecule has 0 radical (unpaired) electrons. The Hall–Kier alpha value is -3.73. The molecule has 21 heteroatoms. The monoisotopic (exact) mass is 973 g/mol. The van der Waals surface area contributed by atoms with Crippen molar-refractivity contribution in [2.45, 2.75) is 250 Å². The zero-order valence-electron chi connectivity index (χ0n) is 42.6. The van der Waals surface area contributed by atoms with E-state index >= 15 is 0 Å². The highest BCUT2D eigenvalue weighted by Gasteiger charge is 2.58. The number of hydrogen-bond acceptors (Lipinski definition) is 17. The summed E-state index contributed by atoms with van der Waals surface area (Å²) >= 11 is 0. The first-order valence-electron chi connectivity index (χ1n) is 24.1. The van der Waals surface area contributed by atoms with E-state index in [-0.39, 0.29) is 19.6 Å². The second-order valence-electron chi connectivity index (χ2n) is 22.7. The van der Waals surface area contributed by atoms with Crippen LogP contribution in [0.25, 0.3) is 0 Å². The summed E-state index contributed by atoms with van der Waals surface area (Å²) in [6.07, 6.45) is -8.46. The number of carbonyl (C=O) groups excluding carboxylic acids is 5. The minimum absolute atomic E-state index is 0.0231. The van der Waals surface area contributed by atoms with Crippen LogP contribution >= 0.6 is 0 Å². The number of carbonyl (C=O) groups is 5. The van der Waals surface area contributed by atoms with Crippen LogP contribution in [-0.2, 0) is 56.9 Å². The Morgan fingerprint density at radius 1 is 0.647 bits per heavy atom. The lowest BCUT2D eigenvalue weighted by molar-refractivity contribution is -0.390. The van der Waals surface area contributed by atoms with Gasteiger partial charge in [-0.15, -0.1) is 0 Å². The molecule has 5 fully saturated rings. The molecule has 13 atom stereocenters. The van der Waals surface area contributed by atoms with E-state index in [2.05, 4.69) is 21.3 Å². The molecule has 68 heavy (non-hydrogen) atoms. The van der Waals surface area contributed by atoms with Gasteiger partial charge in [-0.3, -0.25) is 4.79 Å². The first-order chi connectivity index (χ1) is 31.4. The van der Waals surface area contributed by atoms with Crippen molar-refractivity contribution in [2.75, 3.05) is 13.2 Å². The van der Waals surface area contributed by atoms with E-state index < -0.39 is 138 Å². The number of ether oxygens (including phenoxy) is 11. The summed E-state index contributed by atoms with van der Waals surface area (Å²) < 4.78 is 67.7. The molecule has 0 aromatic heterocycles. The number of amides is 4. The molecular weight excluding hydrogens is 893 g/mol. The average molecular weight is 973 g/mol. The van der Waals surface area contributed by atoms with E-state index in [0.29, 0.717) is 25.7 Å². The van der Waals surface area contributed by atoms with Crippen LogP contribution in [-0.4, -0.2) is 150 Å². The predicted molar refractivity (Wildman–Crippen MR) is 242 cm³/mol. The molecule has 6 unspecified atom stereocenters. The smallest absolute Gasteiger partial charge is 0.408 e. The molecule has 21 nitrogen and oxygen atoms in total. The molecule has 5 rings (SSSR count). The van der Waals surface area contributed by atoms with Crippen molar-refractivity contribution in [3.05, 3.63) is 0 Å². The number of fused-ring (bicyclic) bond motifs is 1. The fourth-order valence-corrected chi connectivity index (χ4v) is 9.08. The lowest BCUT2D eigenvalue weighted by Crippen LogP contribution is -2.71. The van der Waals surface area contributed by atoms with Crippen molar-refractivity contribution < 1.29 is 81.2 Å². The number of aliphatic hydroxyl groups excluding tert-OH is 1. The van der Waals surface area contributed by atoms with Crippen molar-refractivity contribution in [3.63, 3.8) is 0 Å². The average Bonchev–Trinajstić information content (AvgIpc) is 3.16. The molecule has 0 bridgehead atoms. The quantitative estimate of drug-likeness (QED) is 0.132. The third-order valence-electron chi connectivity index (χ3n) is 11.7. The zero-order chi connectivity index (χ0) is 50.6. The van der Waals surface area contributed by atoms with Crippen LogP contribution in [0.5, 0.6) is 0 Å². The van der Waals surface area contributed by atoms with Crippen molar-refractivity contribution in [1.29, 1.82) is 0 Å². The third kappa shape index (κ3) is 16.4. The van der Waals surface area contributed by atoms with E-state index in [1.807, 2.05) is 0 Å². The van der Waals surface area contributed by atoms with Crippen molar-refractivity contribution in [3.8, 4) is 0 Å². The van der Waals surface area contributed by atoms with E-state index in [1.165, 1.54) is 6.92 Å². The zero-order valence-corrected chi connectivity index (χ0v) is 42.6. The van der Waals surface area contributed by atoms with Gasteiger partial charge in [0.15, 0.2) is 24.5 Å². The van der Waals surface area contributed by atoms with Gasteiger partial charge in [0.25, 0.3) is 0 Å². The minimum atomic E-state index is -1.56. The molecule has 390 valence electrons. The van der Waals surface area contributed by atoms with Crippen molar-refractivity contribution >= 4 is 30.3 Å². The Balaban J connectivity index is 1.47. The van der Waals surface area contributed by atoms with E-state index in [1.54, 1.807) is 90.0 Å². The number of nitrogens with one attached hydrogen (secondary N) is 4.